The molecule has 5 nitrogen and oxygen atoms in total. The number of rotatable bonds is 5. The molecular weight excluding hydrogens is 412 g/mol. The number of fused-ring (bicyclic) bond motifs is 1. The highest BCUT2D eigenvalue weighted by molar-refractivity contribution is 6.31. The average molecular weight is 433 g/mol. The number of aromatic nitrogens is 1. The van der Waals surface area contributed by atoms with E-state index in [1.54, 1.807) is 30.5 Å². The molecule has 0 fully saturated rings. The third-order valence-corrected chi connectivity index (χ3v) is 5.29. The van der Waals surface area contributed by atoms with Gasteiger partial charge in [0.2, 0.25) is 0 Å². The van der Waals surface area contributed by atoms with E-state index >= 15 is 0 Å². The molecule has 156 valence electrons. The van der Waals surface area contributed by atoms with E-state index in [4.69, 9.17) is 16.0 Å². The summed E-state index contributed by atoms with van der Waals surface area (Å²) in [6.45, 7) is 4.55. The Balaban J connectivity index is 1.73. The normalized spacial score (nSPS) is 11.1. The SMILES string of the molecule is CC(C)c1ccc(CN(C(=O)c2cc(=O)c3cc(Cl)ccc3o2)c2ccccn2)cc1. The third kappa shape index (κ3) is 4.52. The Morgan fingerprint density at radius 3 is 2.52 bits per heavy atom. The zero-order valence-electron chi connectivity index (χ0n) is 17.2. The number of nitrogens with zero attached hydrogens (tertiary/aromatic N) is 2. The second kappa shape index (κ2) is 8.74. The summed E-state index contributed by atoms with van der Waals surface area (Å²) in [6, 6.07) is 19.4. The average Bonchev–Trinajstić information content (AvgIpc) is 2.78. The van der Waals surface area contributed by atoms with Crippen molar-refractivity contribution < 1.29 is 9.21 Å². The van der Waals surface area contributed by atoms with Crippen LogP contribution < -0.4 is 10.3 Å². The van der Waals surface area contributed by atoms with E-state index in [0.717, 1.165) is 5.56 Å². The maximum atomic E-state index is 13.4. The first kappa shape index (κ1) is 20.8. The molecule has 0 aliphatic heterocycles. The Labute approximate surface area is 184 Å². The summed E-state index contributed by atoms with van der Waals surface area (Å²) in [5.41, 5.74) is 2.15. The summed E-state index contributed by atoms with van der Waals surface area (Å²) >= 11 is 5.98. The Kier molecular flexibility index (Phi) is 5.87. The van der Waals surface area contributed by atoms with Crippen LogP contribution in [0.15, 0.2) is 82.1 Å². The zero-order valence-corrected chi connectivity index (χ0v) is 18.0. The van der Waals surface area contributed by atoms with Gasteiger partial charge in [-0.3, -0.25) is 14.5 Å². The van der Waals surface area contributed by atoms with Crippen molar-refractivity contribution in [3.05, 3.63) is 105 Å². The summed E-state index contributed by atoms with van der Waals surface area (Å²) in [7, 11) is 0. The van der Waals surface area contributed by atoms with Crippen LogP contribution in [0.2, 0.25) is 5.02 Å². The van der Waals surface area contributed by atoms with Crippen LogP contribution in [0.3, 0.4) is 0 Å². The maximum absolute atomic E-state index is 13.4. The summed E-state index contributed by atoms with van der Waals surface area (Å²) in [5, 5.41) is 0.761. The summed E-state index contributed by atoms with van der Waals surface area (Å²) < 4.78 is 5.77. The molecule has 31 heavy (non-hydrogen) atoms. The summed E-state index contributed by atoms with van der Waals surface area (Å²) in [4.78, 5) is 31.8. The van der Waals surface area contributed by atoms with Gasteiger partial charge in [-0.05, 0) is 47.4 Å². The number of amides is 1. The molecule has 0 unspecified atom stereocenters. The highest BCUT2D eigenvalue weighted by Crippen LogP contribution is 2.22. The van der Waals surface area contributed by atoms with Crippen LogP contribution in [0, 0.1) is 0 Å². The van der Waals surface area contributed by atoms with Gasteiger partial charge in [0.25, 0.3) is 5.91 Å². The van der Waals surface area contributed by atoms with Crippen LogP contribution >= 0.6 is 11.6 Å². The molecule has 0 atom stereocenters. The fraction of sp³-hybridized carbons (Fsp3) is 0.160. The van der Waals surface area contributed by atoms with Crippen molar-refractivity contribution in [3.8, 4) is 0 Å². The molecule has 0 radical (unpaired) electrons. The van der Waals surface area contributed by atoms with Crippen molar-refractivity contribution in [1.82, 2.24) is 4.98 Å². The van der Waals surface area contributed by atoms with E-state index in [0.29, 0.717) is 27.7 Å². The minimum Gasteiger partial charge on any atom is -0.451 e. The maximum Gasteiger partial charge on any atom is 0.295 e. The molecule has 2 aromatic heterocycles. The number of halogens is 1. The van der Waals surface area contributed by atoms with Crippen LogP contribution in [0.4, 0.5) is 5.82 Å². The van der Waals surface area contributed by atoms with Crippen LogP contribution in [0.25, 0.3) is 11.0 Å². The molecule has 0 N–H and O–H groups in total. The molecule has 0 saturated carbocycles. The van der Waals surface area contributed by atoms with Gasteiger partial charge in [-0.25, -0.2) is 4.98 Å². The molecule has 4 aromatic rings. The molecule has 1 amide bonds. The Morgan fingerprint density at radius 2 is 1.84 bits per heavy atom. The minimum atomic E-state index is -0.444. The Bertz CT molecular complexity index is 1280. The number of hydrogen-bond donors (Lipinski definition) is 0. The van der Waals surface area contributed by atoms with Gasteiger partial charge in [0.15, 0.2) is 11.2 Å². The first-order valence-corrected chi connectivity index (χ1v) is 10.4. The zero-order chi connectivity index (χ0) is 22.0. The van der Waals surface area contributed by atoms with Gasteiger partial charge in [-0.1, -0.05) is 55.8 Å². The summed E-state index contributed by atoms with van der Waals surface area (Å²) in [5.74, 6) is 0.395. The van der Waals surface area contributed by atoms with E-state index in [2.05, 4.69) is 31.0 Å². The molecule has 2 heterocycles. The lowest BCUT2D eigenvalue weighted by molar-refractivity contribution is 0.0958. The van der Waals surface area contributed by atoms with E-state index < -0.39 is 5.91 Å². The van der Waals surface area contributed by atoms with Crippen LogP contribution in [-0.2, 0) is 6.54 Å². The fourth-order valence-electron chi connectivity index (χ4n) is 3.33. The molecule has 6 heteroatoms. The minimum absolute atomic E-state index is 0.0516. The number of benzene rings is 2. The lowest BCUT2D eigenvalue weighted by Crippen LogP contribution is -2.31. The van der Waals surface area contributed by atoms with Crippen molar-refractivity contribution in [2.24, 2.45) is 0 Å². The van der Waals surface area contributed by atoms with E-state index in [1.807, 2.05) is 18.2 Å². The number of pyridine rings is 1. The van der Waals surface area contributed by atoms with Crippen molar-refractivity contribution in [2.45, 2.75) is 26.3 Å². The number of carbonyl (C=O) groups excluding carboxylic acids is 1. The number of hydrogen-bond acceptors (Lipinski definition) is 4. The Hall–Kier alpha value is -3.44. The second-order valence-corrected chi connectivity index (χ2v) is 8.03. The van der Waals surface area contributed by atoms with Crippen molar-refractivity contribution in [2.75, 3.05) is 4.90 Å². The van der Waals surface area contributed by atoms with Gasteiger partial charge in [0, 0.05) is 17.3 Å². The molecule has 2 aromatic carbocycles. The number of carbonyl (C=O) groups is 1. The largest absolute Gasteiger partial charge is 0.451 e. The fourth-order valence-corrected chi connectivity index (χ4v) is 3.50. The third-order valence-electron chi connectivity index (χ3n) is 5.06. The molecule has 0 bridgehead atoms. The topological polar surface area (TPSA) is 63.4 Å². The van der Waals surface area contributed by atoms with Gasteiger partial charge in [0.05, 0.1) is 11.9 Å². The molecular formula is C25H21ClN2O3. The molecule has 0 spiro atoms. The highest BCUT2D eigenvalue weighted by Gasteiger charge is 2.23. The van der Waals surface area contributed by atoms with Crippen molar-refractivity contribution in [3.63, 3.8) is 0 Å². The first-order chi connectivity index (χ1) is 14.9. The van der Waals surface area contributed by atoms with Crippen LogP contribution in [0.1, 0.15) is 41.4 Å². The van der Waals surface area contributed by atoms with E-state index in [-0.39, 0.29) is 17.7 Å². The molecule has 4 rings (SSSR count). The van der Waals surface area contributed by atoms with E-state index in [9.17, 15) is 9.59 Å². The number of anilines is 1. The second-order valence-electron chi connectivity index (χ2n) is 7.59. The van der Waals surface area contributed by atoms with Gasteiger partial charge in [-0.15, -0.1) is 0 Å². The van der Waals surface area contributed by atoms with Crippen molar-refractivity contribution in [1.29, 1.82) is 0 Å². The van der Waals surface area contributed by atoms with Gasteiger partial charge >= 0.3 is 0 Å². The standard InChI is InChI=1S/C25H21ClN2O3/c1-16(2)18-8-6-17(7-9-18)15-28(24-5-3-4-12-27-24)25(30)23-14-21(29)20-13-19(26)10-11-22(20)31-23/h3-14,16H,15H2,1-2H3. The summed E-state index contributed by atoms with van der Waals surface area (Å²) in [6.07, 6.45) is 1.62. The highest BCUT2D eigenvalue weighted by atomic mass is 35.5. The Morgan fingerprint density at radius 1 is 1.06 bits per heavy atom. The van der Waals surface area contributed by atoms with Gasteiger partial charge in [-0.2, -0.15) is 0 Å². The predicted octanol–water partition coefficient (Wildman–Crippen LogP) is 5.81. The molecule has 0 saturated heterocycles. The molecule has 0 aliphatic rings. The van der Waals surface area contributed by atoms with Crippen LogP contribution in [-0.4, -0.2) is 10.9 Å². The van der Waals surface area contributed by atoms with Crippen molar-refractivity contribution >= 4 is 34.3 Å². The lowest BCUT2D eigenvalue weighted by Gasteiger charge is -2.21. The van der Waals surface area contributed by atoms with Gasteiger partial charge < -0.3 is 4.42 Å². The monoisotopic (exact) mass is 432 g/mol. The predicted molar refractivity (Wildman–Crippen MR) is 123 cm³/mol. The quantitative estimate of drug-likeness (QED) is 0.399. The van der Waals surface area contributed by atoms with E-state index in [1.165, 1.54) is 22.6 Å². The first-order valence-electron chi connectivity index (χ1n) is 9.97. The molecule has 0 aliphatic carbocycles. The lowest BCUT2D eigenvalue weighted by atomic mass is 10.0. The van der Waals surface area contributed by atoms with Crippen LogP contribution in [0.5, 0.6) is 0 Å². The smallest absolute Gasteiger partial charge is 0.295 e. The van der Waals surface area contributed by atoms with Gasteiger partial charge in [0.1, 0.15) is 11.4 Å².